The molecule has 0 bridgehead atoms. The van der Waals surface area contributed by atoms with Crippen LogP contribution < -0.4 is 10.6 Å². The maximum atomic E-state index is 12.1. The van der Waals surface area contributed by atoms with Gasteiger partial charge in [-0.05, 0) is 25.7 Å². The molecule has 0 aliphatic carbocycles. The van der Waals surface area contributed by atoms with Gasteiger partial charge in [0.15, 0.2) is 0 Å². The van der Waals surface area contributed by atoms with Gasteiger partial charge in [-0.3, -0.25) is 9.59 Å². The Morgan fingerprint density at radius 2 is 1.95 bits per heavy atom. The van der Waals surface area contributed by atoms with Gasteiger partial charge >= 0.3 is 12.0 Å². The molecule has 7 nitrogen and oxygen atoms in total. The molecular weight excluding hydrogens is 274 g/mol. The first-order valence-corrected chi connectivity index (χ1v) is 7.37. The van der Waals surface area contributed by atoms with Crippen molar-refractivity contribution in [2.45, 2.75) is 39.7 Å². The number of carbonyl (C=O) groups excluding carboxylic acids is 2. The summed E-state index contributed by atoms with van der Waals surface area (Å²) in [6.45, 7) is 6.88. The number of carbonyl (C=O) groups is 3. The molecule has 7 heteroatoms. The maximum absolute atomic E-state index is 12.1. The third kappa shape index (κ3) is 5.61. The number of nitrogens with one attached hydrogen (secondary N) is 2. The van der Waals surface area contributed by atoms with Crippen LogP contribution in [0.4, 0.5) is 4.79 Å². The molecule has 1 heterocycles. The van der Waals surface area contributed by atoms with Gasteiger partial charge in [-0.1, -0.05) is 13.8 Å². The molecule has 21 heavy (non-hydrogen) atoms. The fraction of sp³-hybridized carbons (Fsp3) is 0.786. The molecule has 1 aliphatic heterocycles. The lowest BCUT2D eigenvalue weighted by Crippen LogP contribution is -2.53. The number of hydrogen-bond acceptors (Lipinski definition) is 3. The lowest BCUT2D eigenvalue weighted by atomic mass is 9.99. The minimum atomic E-state index is -0.879. The summed E-state index contributed by atoms with van der Waals surface area (Å²) in [4.78, 5) is 36.3. The smallest absolute Gasteiger partial charge is 0.318 e. The number of likely N-dealkylation sites (tertiary alicyclic amines) is 1. The van der Waals surface area contributed by atoms with Crippen molar-refractivity contribution in [3.8, 4) is 0 Å². The van der Waals surface area contributed by atoms with Crippen molar-refractivity contribution in [2.75, 3.05) is 19.6 Å². The van der Waals surface area contributed by atoms with E-state index < -0.39 is 17.9 Å². The summed E-state index contributed by atoms with van der Waals surface area (Å²) in [6, 6.07) is -1.02. The van der Waals surface area contributed by atoms with Gasteiger partial charge in [-0.2, -0.15) is 0 Å². The molecule has 2 atom stereocenters. The second kappa shape index (κ2) is 7.85. The van der Waals surface area contributed by atoms with Crippen LogP contribution in [0, 0.1) is 11.8 Å². The van der Waals surface area contributed by atoms with E-state index in [0.29, 0.717) is 31.8 Å². The van der Waals surface area contributed by atoms with Crippen molar-refractivity contribution >= 4 is 17.9 Å². The molecule has 1 aliphatic rings. The number of piperidine rings is 1. The van der Waals surface area contributed by atoms with E-state index in [9.17, 15) is 14.4 Å². The number of urea groups is 1. The van der Waals surface area contributed by atoms with Crippen molar-refractivity contribution in [3.63, 3.8) is 0 Å². The van der Waals surface area contributed by atoms with E-state index in [2.05, 4.69) is 10.6 Å². The van der Waals surface area contributed by atoms with Crippen LogP contribution in [0.1, 0.15) is 33.6 Å². The minimum absolute atomic E-state index is 0.196. The standard InChI is InChI=1S/C14H25N3O4/c1-9(2)7-15-12(18)10(3)16-14(21)17-6-4-5-11(8-17)13(19)20/h9-11H,4-8H2,1-3H3,(H,15,18)(H,16,21)(H,19,20). The van der Waals surface area contributed by atoms with E-state index in [4.69, 9.17) is 5.11 Å². The zero-order chi connectivity index (χ0) is 16.0. The van der Waals surface area contributed by atoms with E-state index in [1.807, 2.05) is 13.8 Å². The molecule has 3 amide bonds. The summed E-state index contributed by atoms with van der Waals surface area (Å²) in [6.07, 6.45) is 1.25. The molecular formula is C14H25N3O4. The molecule has 2 unspecified atom stereocenters. The summed E-state index contributed by atoms with van der Waals surface area (Å²) in [5.74, 6) is -1.29. The third-order valence-corrected chi connectivity index (χ3v) is 3.48. The minimum Gasteiger partial charge on any atom is -0.481 e. The SMILES string of the molecule is CC(C)CNC(=O)C(C)NC(=O)N1CCCC(C(=O)O)C1. The molecule has 1 saturated heterocycles. The lowest BCUT2D eigenvalue weighted by Gasteiger charge is -2.31. The van der Waals surface area contributed by atoms with Gasteiger partial charge in [0, 0.05) is 19.6 Å². The van der Waals surface area contributed by atoms with Crippen LogP contribution in [0.3, 0.4) is 0 Å². The topological polar surface area (TPSA) is 98.7 Å². The summed E-state index contributed by atoms with van der Waals surface area (Å²) < 4.78 is 0. The van der Waals surface area contributed by atoms with Gasteiger partial charge in [0.2, 0.25) is 5.91 Å². The Labute approximate surface area is 125 Å². The fourth-order valence-corrected chi connectivity index (χ4v) is 2.16. The van der Waals surface area contributed by atoms with Gasteiger partial charge in [0.25, 0.3) is 0 Å². The van der Waals surface area contributed by atoms with Crippen molar-refractivity contribution in [2.24, 2.45) is 11.8 Å². The van der Waals surface area contributed by atoms with Crippen LogP contribution in [0.25, 0.3) is 0 Å². The first-order valence-electron chi connectivity index (χ1n) is 7.37. The van der Waals surface area contributed by atoms with Gasteiger partial charge in [-0.25, -0.2) is 4.79 Å². The Morgan fingerprint density at radius 1 is 1.29 bits per heavy atom. The number of carboxylic acids is 1. The number of amides is 3. The molecule has 0 aromatic carbocycles. The normalized spacial score (nSPS) is 20.0. The molecule has 0 aromatic rings. The summed E-state index contributed by atoms with van der Waals surface area (Å²) in [5.41, 5.74) is 0. The fourth-order valence-electron chi connectivity index (χ4n) is 2.16. The van der Waals surface area contributed by atoms with Crippen LogP contribution >= 0.6 is 0 Å². The van der Waals surface area contributed by atoms with Crippen molar-refractivity contribution in [1.29, 1.82) is 0 Å². The maximum Gasteiger partial charge on any atom is 0.318 e. The van der Waals surface area contributed by atoms with Gasteiger partial charge < -0.3 is 20.6 Å². The molecule has 0 saturated carbocycles. The van der Waals surface area contributed by atoms with E-state index in [1.165, 1.54) is 4.90 Å². The first kappa shape index (κ1) is 17.3. The zero-order valence-electron chi connectivity index (χ0n) is 12.9. The van der Waals surface area contributed by atoms with Crippen LogP contribution in [-0.2, 0) is 9.59 Å². The Bertz CT molecular complexity index is 398. The van der Waals surface area contributed by atoms with E-state index >= 15 is 0 Å². The average Bonchev–Trinajstić information content (AvgIpc) is 2.44. The second-order valence-corrected chi connectivity index (χ2v) is 5.93. The van der Waals surface area contributed by atoms with E-state index in [0.717, 1.165) is 0 Å². The van der Waals surface area contributed by atoms with Crippen molar-refractivity contribution < 1.29 is 19.5 Å². The molecule has 0 spiro atoms. The monoisotopic (exact) mass is 299 g/mol. The Morgan fingerprint density at radius 3 is 2.52 bits per heavy atom. The Hall–Kier alpha value is -1.79. The number of rotatable bonds is 5. The molecule has 120 valence electrons. The number of aliphatic carboxylic acids is 1. The van der Waals surface area contributed by atoms with Crippen LogP contribution in [0.5, 0.6) is 0 Å². The lowest BCUT2D eigenvalue weighted by molar-refractivity contribution is -0.143. The highest BCUT2D eigenvalue weighted by atomic mass is 16.4. The van der Waals surface area contributed by atoms with Crippen LogP contribution in [-0.4, -0.2) is 53.6 Å². The van der Waals surface area contributed by atoms with Gasteiger partial charge in [0.1, 0.15) is 6.04 Å². The summed E-state index contributed by atoms with van der Waals surface area (Å²) >= 11 is 0. The number of nitrogens with zero attached hydrogens (tertiary/aromatic N) is 1. The Kier molecular flexibility index (Phi) is 6.45. The quantitative estimate of drug-likeness (QED) is 0.694. The van der Waals surface area contributed by atoms with Crippen molar-refractivity contribution in [1.82, 2.24) is 15.5 Å². The summed E-state index contributed by atoms with van der Waals surface area (Å²) in [5, 5.41) is 14.4. The molecule has 3 N–H and O–H groups in total. The Balaban J connectivity index is 2.44. The predicted molar refractivity (Wildman–Crippen MR) is 77.8 cm³/mol. The van der Waals surface area contributed by atoms with Crippen LogP contribution in [0.15, 0.2) is 0 Å². The molecule has 0 radical (unpaired) electrons. The zero-order valence-corrected chi connectivity index (χ0v) is 12.9. The second-order valence-electron chi connectivity index (χ2n) is 5.93. The van der Waals surface area contributed by atoms with E-state index in [1.54, 1.807) is 6.92 Å². The molecule has 0 aromatic heterocycles. The third-order valence-electron chi connectivity index (χ3n) is 3.48. The van der Waals surface area contributed by atoms with Crippen LogP contribution in [0.2, 0.25) is 0 Å². The number of hydrogen-bond donors (Lipinski definition) is 3. The highest BCUT2D eigenvalue weighted by Crippen LogP contribution is 2.16. The summed E-state index contributed by atoms with van der Waals surface area (Å²) in [7, 11) is 0. The van der Waals surface area contributed by atoms with Gasteiger partial charge in [0.05, 0.1) is 5.92 Å². The number of carboxylic acid groups (broad SMARTS) is 1. The predicted octanol–water partition coefficient (Wildman–Crippen LogP) is 0.653. The highest BCUT2D eigenvalue weighted by molar-refractivity contribution is 5.86. The van der Waals surface area contributed by atoms with E-state index in [-0.39, 0.29) is 18.5 Å². The molecule has 1 rings (SSSR count). The van der Waals surface area contributed by atoms with Gasteiger partial charge in [-0.15, -0.1) is 0 Å². The molecule has 1 fully saturated rings. The largest absolute Gasteiger partial charge is 0.481 e. The first-order chi connectivity index (χ1) is 9.81. The van der Waals surface area contributed by atoms with Crippen molar-refractivity contribution in [3.05, 3.63) is 0 Å². The highest BCUT2D eigenvalue weighted by Gasteiger charge is 2.29. The average molecular weight is 299 g/mol.